The maximum absolute atomic E-state index is 12.3. The lowest BCUT2D eigenvalue weighted by molar-refractivity contribution is -0.123. The Hall–Kier alpha value is -0.810. The highest BCUT2D eigenvalue weighted by atomic mass is 35.5. The summed E-state index contributed by atoms with van der Waals surface area (Å²) in [5, 5.41) is 6.44. The average Bonchev–Trinajstić information content (AvgIpc) is 2.56. The quantitative estimate of drug-likeness (QED) is 0.851. The van der Waals surface area contributed by atoms with E-state index in [0.717, 1.165) is 32.0 Å². The molecule has 6 heteroatoms. The minimum atomic E-state index is -0.0868. The Labute approximate surface area is 157 Å². The summed E-state index contributed by atoms with van der Waals surface area (Å²) in [6, 6.07) is 8.28. The molecule has 24 heavy (non-hydrogen) atoms. The first-order chi connectivity index (χ1) is 10.7. The highest BCUT2D eigenvalue weighted by Gasteiger charge is 2.23. The number of nitrogens with zero attached hydrogens (tertiary/aromatic N) is 1. The fourth-order valence-corrected chi connectivity index (χ4v) is 3.39. The zero-order valence-corrected chi connectivity index (χ0v) is 15.9. The molecule has 1 fully saturated rings. The van der Waals surface area contributed by atoms with Crippen molar-refractivity contribution in [2.75, 3.05) is 26.2 Å². The van der Waals surface area contributed by atoms with Gasteiger partial charge in [0, 0.05) is 19.6 Å². The summed E-state index contributed by atoms with van der Waals surface area (Å²) in [5.74, 6) is 0.997. The van der Waals surface area contributed by atoms with E-state index in [-0.39, 0.29) is 36.8 Å². The minimum absolute atomic E-state index is 0. The van der Waals surface area contributed by atoms with Crippen LogP contribution in [0.4, 0.5) is 0 Å². The Balaban J connectivity index is 0.00000144. The van der Waals surface area contributed by atoms with Crippen molar-refractivity contribution in [2.45, 2.75) is 38.8 Å². The van der Waals surface area contributed by atoms with Crippen LogP contribution in [0.25, 0.3) is 0 Å². The van der Waals surface area contributed by atoms with Gasteiger partial charge in [-0.05, 0) is 49.4 Å². The molecular formula is C18H29Cl2N3O. The fourth-order valence-electron chi connectivity index (χ4n) is 3.39. The Morgan fingerprint density at radius 3 is 2.58 bits per heavy atom. The first kappa shape index (κ1) is 21.2. The number of carbonyl (C=O) groups is 1. The molecule has 2 aliphatic rings. The van der Waals surface area contributed by atoms with Crippen molar-refractivity contribution in [3.8, 4) is 0 Å². The van der Waals surface area contributed by atoms with E-state index in [2.05, 4.69) is 46.7 Å². The molecule has 2 aliphatic heterocycles. The summed E-state index contributed by atoms with van der Waals surface area (Å²) in [6.07, 6.45) is 3.37. The molecule has 0 aromatic heterocycles. The molecule has 0 saturated carbocycles. The summed E-state index contributed by atoms with van der Waals surface area (Å²) in [5.41, 5.74) is 2.61. The van der Waals surface area contributed by atoms with Crippen LogP contribution in [0.1, 0.15) is 30.9 Å². The van der Waals surface area contributed by atoms with Gasteiger partial charge in [0.1, 0.15) is 0 Å². The van der Waals surface area contributed by atoms with Crippen LogP contribution in [-0.4, -0.2) is 43.0 Å². The van der Waals surface area contributed by atoms with Crippen molar-refractivity contribution >= 4 is 30.7 Å². The number of carbonyl (C=O) groups excluding carboxylic acids is 1. The molecule has 1 unspecified atom stereocenters. The average molecular weight is 374 g/mol. The number of amides is 1. The molecule has 0 aliphatic carbocycles. The monoisotopic (exact) mass is 373 g/mol. The fraction of sp³-hybridized carbons (Fsp3) is 0.611. The number of benzene rings is 1. The summed E-state index contributed by atoms with van der Waals surface area (Å²) >= 11 is 0. The van der Waals surface area contributed by atoms with Crippen LogP contribution in [0.3, 0.4) is 0 Å². The van der Waals surface area contributed by atoms with E-state index in [0.29, 0.717) is 0 Å². The topological polar surface area (TPSA) is 44.4 Å². The molecule has 0 radical (unpaired) electrons. The van der Waals surface area contributed by atoms with E-state index in [9.17, 15) is 4.79 Å². The van der Waals surface area contributed by atoms with Gasteiger partial charge in [-0.3, -0.25) is 4.79 Å². The van der Waals surface area contributed by atoms with Gasteiger partial charge in [-0.1, -0.05) is 31.2 Å². The number of fused-ring (bicyclic) bond motifs is 1. The lowest BCUT2D eigenvalue weighted by atomic mass is 9.95. The third kappa shape index (κ3) is 5.62. The van der Waals surface area contributed by atoms with Gasteiger partial charge in [0.2, 0.25) is 5.91 Å². The van der Waals surface area contributed by atoms with Crippen LogP contribution >= 0.6 is 24.8 Å². The normalized spacial score (nSPS) is 21.1. The SMILES string of the molecule is CC1CCN(CCNC(=O)C2Cc3ccccc3CN2)CC1.Cl.Cl. The lowest BCUT2D eigenvalue weighted by Gasteiger charge is -2.30. The van der Waals surface area contributed by atoms with Gasteiger partial charge in [0.15, 0.2) is 0 Å². The molecule has 136 valence electrons. The van der Waals surface area contributed by atoms with Crippen LogP contribution in [0.2, 0.25) is 0 Å². The zero-order valence-electron chi connectivity index (χ0n) is 14.3. The molecule has 1 aromatic rings. The highest BCUT2D eigenvalue weighted by Crippen LogP contribution is 2.17. The first-order valence-electron chi connectivity index (χ1n) is 8.52. The highest BCUT2D eigenvalue weighted by molar-refractivity contribution is 5.85. The van der Waals surface area contributed by atoms with Gasteiger partial charge in [0.05, 0.1) is 6.04 Å². The number of piperidine rings is 1. The minimum Gasteiger partial charge on any atom is -0.353 e. The molecule has 1 atom stereocenters. The van der Waals surface area contributed by atoms with Gasteiger partial charge >= 0.3 is 0 Å². The Morgan fingerprint density at radius 2 is 1.88 bits per heavy atom. The molecule has 3 rings (SSSR count). The van der Waals surface area contributed by atoms with E-state index >= 15 is 0 Å². The molecule has 4 nitrogen and oxygen atoms in total. The number of hydrogen-bond acceptors (Lipinski definition) is 3. The molecule has 0 bridgehead atoms. The largest absolute Gasteiger partial charge is 0.353 e. The Bertz CT molecular complexity index is 519. The molecule has 2 N–H and O–H groups in total. The van der Waals surface area contributed by atoms with Crippen molar-refractivity contribution in [1.29, 1.82) is 0 Å². The summed E-state index contributed by atoms with van der Waals surface area (Å²) in [6.45, 7) is 7.19. The van der Waals surface area contributed by atoms with Crippen molar-refractivity contribution in [3.63, 3.8) is 0 Å². The number of halogens is 2. The van der Waals surface area contributed by atoms with Gasteiger partial charge in [-0.25, -0.2) is 0 Å². The molecule has 1 aromatic carbocycles. The van der Waals surface area contributed by atoms with E-state index in [1.54, 1.807) is 0 Å². The first-order valence-corrected chi connectivity index (χ1v) is 8.52. The van der Waals surface area contributed by atoms with E-state index in [1.807, 2.05) is 0 Å². The number of rotatable bonds is 4. The number of hydrogen-bond donors (Lipinski definition) is 2. The van der Waals surface area contributed by atoms with Crippen molar-refractivity contribution in [2.24, 2.45) is 5.92 Å². The molecule has 1 saturated heterocycles. The summed E-state index contributed by atoms with van der Waals surface area (Å²) in [7, 11) is 0. The van der Waals surface area contributed by atoms with Crippen LogP contribution in [0.15, 0.2) is 24.3 Å². The van der Waals surface area contributed by atoms with Crippen molar-refractivity contribution in [3.05, 3.63) is 35.4 Å². The van der Waals surface area contributed by atoms with Crippen molar-refractivity contribution < 1.29 is 4.79 Å². The molecular weight excluding hydrogens is 345 g/mol. The zero-order chi connectivity index (χ0) is 15.4. The Kier molecular flexibility index (Phi) is 9.06. The van der Waals surface area contributed by atoms with E-state index in [1.165, 1.54) is 37.1 Å². The third-order valence-corrected chi connectivity index (χ3v) is 5.00. The smallest absolute Gasteiger partial charge is 0.237 e. The molecule has 0 spiro atoms. The molecule has 2 heterocycles. The van der Waals surface area contributed by atoms with Crippen LogP contribution in [0.5, 0.6) is 0 Å². The predicted octanol–water partition coefficient (Wildman–Crippen LogP) is 2.39. The summed E-state index contributed by atoms with van der Waals surface area (Å²) < 4.78 is 0. The maximum Gasteiger partial charge on any atom is 0.237 e. The van der Waals surface area contributed by atoms with E-state index in [4.69, 9.17) is 0 Å². The second-order valence-corrected chi connectivity index (χ2v) is 6.72. The lowest BCUT2D eigenvalue weighted by Crippen LogP contribution is -2.49. The second-order valence-electron chi connectivity index (χ2n) is 6.72. The van der Waals surface area contributed by atoms with Crippen LogP contribution < -0.4 is 10.6 Å². The van der Waals surface area contributed by atoms with Crippen LogP contribution in [-0.2, 0) is 17.8 Å². The van der Waals surface area contributed by atoms with E-state index < -0.39 is 0 Å². The van der Waals surface area contributed by atoms with Gasteiger partial charge in [-0.15, -0.1) is 24.8 Å². The summed E-state index contributed by atoms with van der Waals surface area (Å²) in [4.78, 5) is 14.8. The van der Waals surface area contributed by atoms with Gasteiger partial charge in [-0.2, -0.15) is 0 Å². The van der Waals surface area contributed by atoms with Gasteiger partial charge in [0.25, 0.3) is 0 Å². The Morgan fingerprint density at radius 1 is 1.21 bits per heavy atom. The predicted molar refractivity (Wildman–Crippen MR) is 103 cm³/mol. The maximum atomic E-state index is 12.3. The second kappa shape index (κ2) is 10.2. The van der Waals surface area contributed by atoms with Crippen molar-refractivity contribution in [1.82, 2.24) is 15.5 Å². The number of likely N-dealkylation sites (tertiary alicyclic amines) is 1. The third-order valence-electron chi connectivity index (χ3n) is 5.00. The van der Waals surface area contributed by atoms with Crippen LogP contribution in [0, 0.1) is 5.92 Å². The van der Waals surface area contributed by atoms with Gasteiger partial charge < -0.3 is 15.5 Å². The molecule has 1 amide bonds. The number of nitrogens with one attached hydrogen (secondary N) is 2. The standard InChI is InChI=1S/C18H27N3O.2ClH/c1-14-6-9-21(10-7-14)11-8-19-18(22)17-12-15-4-2-3-5-16(15)13-20-17;;/h2-5,14,17,20H,6-13H2,1H3,(H,19,22);2*1H.